The quantitative estimate of drug-likeness (QED) is 0.483. The summed E-state index contributed by atoms with van der Waals surface area (Å²) in [5.74, 6) is 0.810. The van der Waals surface area contributed by atoms with E-state index in [2.05, 4.69) is 0 Å². The molecule has 10 heteroatoms. The zero-order valence-corrected chi connectivity index (χ0v) is 18.3. The largest absolute Gasteiger partial charge is 0.497 e. The van der Waals surface area contributed by atoms with Crippen molar-refractivity contribution in [1.82, 2.24) is 0 Å². The van der Waals surface area contributed by atoms with E-state index in [0.29, 0.717) is 28.0 Å². The van der Waals surface area contributed by atoms with Gasteiger partial charge < -0.3 is 9.47 Å². The Hall–Kier alpha value is -2.91. The fourth-order valence-corrected chi connectivity index (χ4v) is 5.19. The third-order valence-corrected chi connectivity index (χ3v) is 7.12. The topological polar surface area (TPSA) is 55.8 Å². The normalized spacial score (nSPS) is 14.0. The van der Waals surface area contributed by atoms with Crippen molar-refractivity contribution in [3.63, 3.8) is 0 Å². The summed E-state index contributed by atoms with van der Waals surface area (Å²) in [6.45, 7) is -0.0369. The molecule has 0 atom stereocenters. The molecule has 1 aliphatic heterocycles. The van der Waals surface area contributed by atoms with Gasteiger partial charge in [-0.1, -0.05) is 29.8 Å². The van der Waals surface area contributed by atoms with E-state index in [9.17, 15) is 21.6 Å². The summed E-state index contributed by atoms with van der Waals surface area (Å²) in [6, 6.07) is 13.8. The van der Waals surface area contributed by atoms with Gasteiger partial charge in [0.15, 0.2) is 0 Å². The number of fused-ring (bicyclic) bond motifs is 1. The first kappa shape index (κ1) is 22.3. The van der Waals surface area contributed by atoms with Crippen LogP contribution in [-0.4, -0.2) is 28.7 Å². The third kappa shape index (κ3) is 4.10. The third-order valence-electron chi connectivity index (χ3n) is 5.00. The molecule has 1 heterocycles. The highest BCUT2D eigenvalue weighted by Gasteiger charge is 2.35. The molecule has 4 rings (SSSR count). The Morgan fingerprint density at radius 2 is 1.81 bits per heavy atom. The van der Waals surface area contributed by atoms with Crippen LogP contribution in [0.15, 0.2) is 65.6 Å². The molecule has 168 valence electrons. The lowest BCUT2D eigenvalue weighted by molar-refractivity contribution is -0.137. The van der Waals surface area contributed by atoms with Gasteiger partial charge in [-0.2, -0.15) is 13.2 Å². The second-order valence-electron chi connectivity index (χ2n) is 6.98. The predicted octanol–water partition coefficient (Wildman–Crippen LogP) is 5.62. The maximum atomic E-state index is 13.3. The van der Waals surface area contributed by atoms with Gasteiger partial charge in [-0.3, -0.25) is 4.31 Å². The molecule has 0 saturated heterocycles. The van der Waals surface area contributed by atoms with E-state index in [1.54, 1.807) is 30.3 Å². The Labute approximate surface area is 188 Å². The molecule has 0 bridgehead atoms. The van der Waals surface area contributed by atoms with E-state index >= 15 is 0 Å². The number of benzene rings is 3. The van der Waals surface area contributed by atoms with Crippen LogP contribution in [0, 0.1) is 0 Å². The standard InChI is InChI=1S/C22H17ClF3NO4S/c1-30-16-6-2-4-14(10-16)18-12-20-21(13-19(18)23)31-9-8-27(20)32(28,29)17-7-3-5-15(11-17)22(24,25)26/h2-7,10-13H,8-9H2,1H3. The SMILES string of the molecule is COc1cccc(-c2cc3c(cc2Cl)OCCN3S(=O)(=O)c2cccc(C(F)(F)F)c2)c1. The number of anilines is 1. The minimum atomic E-state index is -4.67. The monoisotopic (exact) mass is 483 g/mol. The summed E-state index contributed by atoms with van der Waals surface area (Å²) in [5, 5.41) is 0.329. The Morgan fingerprint density at radius 3 is 2.53 bits per heavy atom. The van der Waals surface area contributed by atoms with Crippen LogP contribution in [0.3, 0.4) is 0 Å². The van der Waals surface area contributed by atoms with Crippen molar-refractivity contribution in [3.05, 3.63) is 71.2 Å². The van der Waals surface area contributed by atoms with Crippen LogP contribution in [-0.2, 0) is 16.2 Å². The molecule has 0 unspecified atom stereocenters. The van der Waals surface area contributed by atoms with Gasteiger partial charge in [0.25, 0.3) is 10.0 Å². The molecule has 0 spiro atoms. The van der Waals surface area contributed by atoms with Gasteiger partial charge >= 0.3 is 6.18 Å². The Bertz CT molecular complexity index is 1280. The minimum Gasteiger partial charge on any atom is -0.497 e. The number of methoxy groups -OCH3 is 1. The van der Waals surface area contributed by atoms with E-state index in [1.165, 1.54) is 13.2 Å². The number of hydrogen-bond acceptors (Lipinski definition) is 4. The fourth-order valence-electron chi connectivity index (χ4n) is 3.43. The number of hydrogen-bond donors (Lipinski definition) is 0. The maximum Gasteiger partial charge on any atom is 0.416 e. The first-order valence-corrected chi connectivity index (χ1v) is 11.2. The molecule has 0 aromatic heterocycles. The Kier molecular flexibility index (Phi) is 5.72. The highest BCUT2D eigenvalue weighted by Crippen LogP contribution is 2.43. The van der Waals surface area contributed by atoms with Gasteiger partial charge in [0.2, 0.25) is 0 Å². The first-order valence-electron chi connectivity index (χ1n) is 9.42. The van der Waals surface area contributed by atoms with Crippen LogP contribution in [0.2, 0.25) is 5.02 Å². The van der Waals surface area contributed by atoms with Crippen molar-refractivity contribution in [2.24, 2.45) is 0 Å². The van der Waals surface area contributed by atoms with Gasteiger partial charge in [-0.05, 0) is 42.0 Å². The summed E-state index contributed by atoms with van der Waals surface area (Å²) in [4.78, 5) is -0.460. The zero-order valence-electron chi connectivity index (χ0n) is 16.7. The molecule has 5 nitrogen and oxygen atoms in total. The summed E-state index contributed by atoms with van der Waals surface area (Å²) >= 11 is 6.43. The van der Waals surface area contributed by atoms with E-state index in [-0.39, 0.29) is 24.6 Å². The van der Waals surface area contributed by atoms with E-state index in [1.807, 2.05) is 0 Å². The lowest BCUT2D eigenvalue weighted by atomic mass is 10.0. The smallest absolute Gasteiger partial charge is 0.416 e. The number of alkyl halides is 3. The summed E-state index contributed by atoms with van der Waals surface area (Å²) in [6.07, 6.45) is -4.67. The van der Waals surface area contributed by atoms with Gasteiger partial charge in [-0.15, -0.1) is 0 Å². The number of rotatable bonds is 4. The van der Waals surface area contributed by atoms with Crippen molar-refractivity contribution in [3.8, 4) is 22.6 Å². The number of nitrogens with zero attached hydrogens (tertiary/aromatic N) is 1. The molecular weight excluding hydrogens is 467 g/mol. The lowest BCUT2D eigenvalue weighted by Gasteiger charge is -2.31. The lowest BCUT2D eigenvalue weighted by Crippen LogP contribution is -2.38. The van der Waals surface area contributed by atoms with Gasteiger partial charge in [0, 0.05) is 11.6 Å². The molecule has 0 fully saturated rings. The molecule has 0 saturated carbocycles. The molecule has 1 aliphatic rings. The highest BCUT2D eigenvalue weighted by molar-refractivity contribution is 7.92. The van der Waals surface area contributed by atoms with Gasteiger partial charge in [0.05, 0.1) is 34.8 Å². The van der Waals surface area contributed by atoms with Crippen molar-refractivity contribution in [1.29, 1.82) is 0 Å². The van der Waals surface area contributed by atoms with Crippen molar-refractivity contribution < 1.29 is 31.1 Å². The van der Waals surface area contributed by atoms with Crippen LogP contribution in [0.4, 0.5) is 18.9 Å². The zero-order chi connectivity index (χ0) is 23.1. The van der Waals surface area contributed by atoms with E-state index in [0.717, 1.165) is 22.5 Å². The fraction of sp³-hybridized carbons (Fsp3) is 0.182. The van der Waals surface area contributed by atoms with E-state index < -0.39 is 26.7 Å². The summed E-state index contributed by atoms with van der Waals surface area (Å²) in [7, 11) is -2.78. The Balaban J connectivity index is 1.83. The minimum absolute atomic E-state index is 0.0278. The van der Waals surface area contributed by atoms with Crippen LogP contribution >= 0.6 is 11.6 Å². The van der Waals surface area contributed by atoms with Crippen molar-refractivity contribution >= 4 is 27.3 Å². The molecular formula is C22H17ClF3NO4S. The molecule has 0 aliphatic carbocycles. The number of halogens is 4. The van der Waals surface area contributed by atoms with Crippen LogP contribution in [0.1, 0.15) is 5.56 Å². The van der Waals surface area contributed by atoms with Gasteiger partial charge in [-0.25, -0.2) is 8.42 Å². The molecule has 3 aromatic carbocycles. The maximum absolute atomic E-state index is 13.3. The molecule has 3 aromatic rings. The van der Waals surface area contributed by atoms with E-state index in [4.69, 9.17) is 21.1 Å². The number of sulfonamides is 1. The summed E-state index contributed by atoms with van der Waals surface area (Å²) < 4.78 is 77.9. The highest BCUT2D eigenvalue weighted by atomic mass is 35.5. The second kappa shape index (κ2) is 8.22. The predicted molar refractivity (Wildman–Crippen MR) is 115 cm³/mol. The van der Waals surface area contributed by atoms with Crippen molar-refractivity contribution in [2.45, 2.75) is 11.1 Å². The van der Waals surface area contributed by atoms with Crippen molar-refractivity contribution in [2.75, 3.05) is 24.6 Å². The molecule has 0 amide bonds. The number of ether oxygens (including phenoxy) is 2. The average Bonchev–Trinajstić information content (AvgIpc) is 2.77. The molecule has 0 radical (unpaired) electrons. The average molecular weight is 484 g/mol. The van der Waals surface area contributed by atoms with Crippen LogP contribution < -0.4 is 13.8 Å². The van der Waals surface area contributed by atoms with Gasteiger partial charge in [0.1, 0.15) is 18.1 Å². The second-order valence-corrected chi connectivity index (χ2v) is 9.25. The Morgan fingerprint density at radius 1 is 1.06 bits per heavy atom. The molecule has 32 heavy (non-hydrogen) atoms. The summed E-state index contributed by atoms with van der Waals surface area (Å²) in [5.41, 5.74) is 0.356. The first-order chi connectivity index (χ1) is 15.1. The molecule has 0 N–H and O–H groups in total. The van der Waals surface area contributed by atoms with Crippen LogP contribution in [0.25, 0.3) is 11.1 Å². The van der Waals surface area contributed by atoms with Crippen LogP contribution in [0.5, 0.6) is 11.5 Å².